The molecule has 0 spiro atoms. The summed E-state index contributed by atoms with van der Waals surface area (Å²) in [6.07, 6.45) is 16.2. The molecule has 32 heavy (non-hydrogen) atoms. The highest BCUT2D eigenvalue weighted by molar-refractivity contribution is 5.83. The molecule has 0 amide bonds. The third kappa shape index (κ3) is 8.86. The number of rotatable bonds is 9. The average Bonchev–Trinajstić information content (AvgIpc) is 2.83. The smallest absolute Gasteiger partial charge is 0.124 e. The molecular weight excluding hydrogens is 396 g/mol. The number of phenolic OH excluding ortho intramolecular Hbond substituents is 2. The molecular formula is C28H40N2O2. The van der Waals surface area contributed by atoms with Gasteiger partial charge in [0, 0.05) is 29.6 Å². The molecule has 2 aromatic carbocycles. The lowest BCUT2D eigenvalue weighted by Crippen LogP contribution is -2.09. The molecule has 0 aromatic heterocycles. The van der Waals surface area contributed by atoms with Crippen LogP contribution in [0.3, 0.4) is 0 Å². The van der Waals surface area contributed by atoms with Crippen molar-refractivity contribution >= 4 is 12.4 Å². The van der Waals surface area contributed by atoms with Gasteiger partial charge in [0.2, 0.25) is 0 Å². The Bertz CT molecular complexity index is 855. The molecule has 2 aromatic rings. The maximum absolute atomic E-state index is 9.90. The van der Waals surface area contributed by atoms with Crippen molar-refractivity contribution in [1.29, 1.82) is 5.41 Å². The first-order valence-electron chi connectivity index (χ1n) is 12.2. The monoisotopic (exact) mass is 436 g/mol. The second-order valence-corrected chi connectivity index (χ2v) is 8.71. The molecule has 1 saturated carbocycles. The summed E-state index contributed by atoms with van der Waals surface area (Å²) < 4.78 is 0. The summed E-state index contributed by atoms with van der Waals surface area (Å²) in [6.45, 7) is 4.35. The average molecular weight is 437 g/mol. The van der Waals surface area contributed by atoms with Gasteiger partial charge in [-0.2, -0.15) is 0 Å². The van der Waals surface area contributed by atoms with Gasteiger partial charge in [0.25, 0.3) is 0 Å². The summed E-state index contributed by atoms with van der Waals surface area (Å²) in [5.41, 5.74) is 3.97. The summed E-state index contributed by atoms with van der Waals surface area (Å²) in [5, 5.41) is 26.3. The van der Waals surface area contributed by atoms with Crippen LogP contribution >= 0.6 is 0 Å². The van der Waals surface area contributed by atoms with Gasteiger partial charge >= 0.3 is 0 Å². The van der Waals surface area contributed by atoms with E-state index < -0.39 is 0 Å². The van der Waals surface area contributed by atoms with Crippen LogP contribution in [0, 0.1) is 5.41 Å². The zero-order chi connectivity index (χ0) is 23.2. The van der Waals surface area contributed by atoms with Gasteiger partial charge in [-0.25, -0.2) is 0 Å². The van der Waals surface area contributed by atoms with Gasteiger partial charge in [-0.05, 0) is 73.9 Å². The molecule has 1 aliphatic carbocycles. The Morgan fingerprint density at radius 2 is 1.38 bits per heavy atom. The first kappa shape index (κ1) is 25.6. The van der Waals surface area contributed by atoms with Gasteiger partial charge in [0.1, 0.15) is 11.5 Å². The zero-order valence-corrected chi connectivity index (χ0v) is 19.8. The fourth-order valence-electron chi connectivity index (χ4n) is 3.92. The van der Waals surface area contributed by atoms with Crippen molar-refractivity contribution < 1.29 is 10.2 Å². The largest absolute Gasteiger partial charge is 0.507 e. The number of nitrogens with zero attached hydrogens (tertiary/aromatic N) is 1. The Kier molecular flexibility index (Phi) is 11.6. The lowest BCUT2D eigenvalue weighted by Gasteiger charge is -2.17. The summed E-state index contributed by atoms with van der Waals surface area (Å²) in [4.78, 5) is 4.65. The first-order chi connectivity index (χ1) is 15.6. The highest BCUT2D eigenvalue weighted by Gasteiger charge is 2.11. The van der Waals surface area contributed by atoms with E-state index in [4.69, 9.17) is 5.41 Å². The van der Waals surface area contributed by atoms with E-state index in [0.717, 1.165) is 24.8 Å². The number of aryl methyl sites for hydroxylation is 2. The fourth-order valence-corrected chi connectivity index (χ4v) is 3.92. The fraction of sp³-hybridized carbons (Fsp3) is 0.500. The number of unbranched alkanes of at least 4 members (excludes halogenated alkanes) is 2. The number of phenols is 2. The molecule has 0 saturated heterocycles. The predicted molar refractivity (Wildman–Crippen MR) is 136 cm³/mol. The molecule has 0 bridgehead atoms. The van der Waals surface area contributed by atoms with Crippen LogP contribution in [-0.2, 0) is 12.8 Å². The molecule has 3 N–H and O–H groups in total. The third-order valence-electron chi connectivity index (χ3n) is 5.98. The second-order valence-electron chi connectivity index (χ2n) is 8.71. The first-order valence-corrected chi connectivity index (χ1v) is 12.2. The SMILES string of the molecule is CCCCc1ccc(O)c(C=N)c1.CCCCc1ccc(O)c(C=NC2CCCCC2)c1. The predicted octanol–water partition coefficient (Wildman–Crippen LogP) is 7.22. The molecule has 1 fully saturated rings. The van der Waals surface area contributed by atoms with Crippen molar-refractivity contribution in [2.75, 3.05) is 0 Å². The van der Waals surface area contributed by atoms with Gasteiger partial charge in [-0.15, -0.1) is 0 Å². The van der Waals surface area contributed by atoms with E-state index in [1.54, 1.807) is 12.1 Å². The Hall–Kier alpha value is -2.62. The van der Waals surface area contributed by atoms with Crippen LogP contribution in [0.15, 0.2) is 41.4 Å². The molecule has 0 unspecified atom stereocenters. The normalized spacial score (nSPS) is 14.2. The minimum absolute atomic E-state index is 0.190. The van der Waals surface area contributed by atoms with Gasteiger partial charge < -0.3 is 15.6 Å². The number of hydrogen-bond acceptors (Lipinski definition) is 4. The summed E-state index contributed by atoms with van der Waals surface area (Å²) in [7, 11) is 0. The number of aliphatic imine (C=N–C) groups is 1. The minimum Gasteiger partial charge on any atom is -0.507 e. The van der Waals surface area contributed by atoms with Crippen molar-refractivity contribution in [3.8, 4) is 11.5 Å². The van der Waals surface area contributed by atoms with Crippen molar-refractivity contribution in [2.45, 2.75) is 90.5 Å². The Morgan fingerprint density at radius 3 is 1.91 bits per heavy atom. The van der Waals surface area contributed by atoms with Crippen molar-refractivity contribution in [1.82, 2.24) is 0 Å². The van der Waals surface area contributed by atoms with Crippen molar-refractivity contribution in [2.24, 2.45) is 4.99 Å². The molecule has 1 aliphatic rings. The number of hydrogen-bond donors (Lipinski definition) is 3. The molecule has 0 radical (unpaired) electrons. The lowest BCUT2D eigenvalue weighted by molar-refractivity contribution is 0.444. The van der Waals surface area contributed by atoms with E-state index in [9.17, 15) is 10.2 Å². The van der Waals surface area contributed by atoms with E-state index >= 15 is 0 Å². The number of aromatic hydroxyl groups is 2. The highest BCUT2D eigenvalue weighted by atomic mass is 16.3. The minimum atomic E-state index is 0.190. The summed E-state index contributed by atoms with van der Waals surface area (Å²) in [5.74, 6) is 0.537. The Labute approximate surface area is 193 Å². The zero-order valence-electron chi connectivity index (χ0n) is 19.8. The number of benzene rings is 2. The molecule has 0 atom stereocenters. The summed E-state index contributed by atoms with van der Waals surface area (Å²) in [6, 6.07) is 11.8. The number of nitrogens with one attached hydrogen (secondary N) is 1. The standard InChI is InChI=1S/C17H25NO.C11H15NO/c1-2-3-7-14-10-11-17(19)15(12-14)13-18-16-8-5-4-6-9-16;1-2-3-4-9-5-6-11(13)10(7-9)8-12/h10-13,16,19H,2-9H2,1H3;5-8,12-13H,2-4H2,1H3. The Morgan fingerprint density at radius 1 is 0.844 bits per heavy atom. The van der Waals surface area contributed by atoms with Crippen LogP contribution in [-0.4, -0.2) is 28.7 Å². The van der Waals surface area contributed by atoms with Crippen LogP contribution < -0.4 is 0 Å². The molecule has 0 aliphatic heterocycles. The van der Waals surface area contributed by atoms with E-state index in [1.807, 2.05) is 24.4 Å². The van der Waals surface area contributed by atoms with E-state index in [-0.39, 0.29) is 5.75 Å². The van der Waals surface area contributed by atoms with Crippen LogP contribution in [0.25, 0.3) is 0 Å². The third-order valence-corrected chi connectivity index (χ3v) is 5.98. The van der Waals surface area contributed by atoms with E-state index in [1.165, 1.54) is 68.7 Å². The van der Waals surface area contributed by atoms with Crippen LogP contribution in [0.1, 0.15) is 93.9 Å². The van der Waals surface area contributed by atoms with Gasteiger partial charge in [0.15, 0.2) is 0 Å². The highest BCUT2D eigenvalue weighted by Crippen LogP contribution is 2.22. The second kappa shape index (κ2) is 14.4. The Balaban J connectivity index is 0.000000244. The summed E-state index contributed by atoms with van der Waals surface area (Å²) >= 11 is 0. The molecule has 3 rings (SSSR count). The van der Waals surface area contributed by atoms with Gasteiger partial charge in [0.05, 0.1) is 0 Å². The molecule has 174 valence electrons. The van der Waals surface area contributed by atoms with Gasteiger partial charge in [-0.3, -0.25) is 4.99 Å². The van der Waals surface area contributed by atoms with Crippen LogP contribution in [0.5, 0.6) is 11.5 Å². The van der Waals surface area contributed by atoms with E-state index in [2.05, 4.69) is 24.9 Å². The van der Waals surface area contributed by atoms with Crippen LogP contribution in [0.2, 0.25) is 0 Å². The maximum atomic E-state index is 9.90. The topological polar surface area (TPSA) is 76.7 Å². The van der Waals surface area contributed by atoms with Gasteiger partial charge in [-0.1, -0.05) is 58.1 Å². The lowest BCUT2D eigenvalue weighted by atomic mass is 9.96. The van der Waals surface area contributed by atoms with Crippen molar-refractivity contribution in [3.63, 3.8) is 0 Å². The van der Waals surface area contributed by atoms with Crippen molar-refractivity contribution in [3.05, 3.63) is 58.7 Å². The molecule has 0 heterocycles. The quantitative estimate of drug-likeness (QED) is 0.363. The maximum Gasteiger partial charge on any atom is 0.124 e. The van der Waals surface area contributed by atoms with Crippen LogP contribution in [0.4, 0.5) is 0 Å². The van der Waals surface area contributed by atoms with E-state index in [0.29, 0.717) is 17.4 Å². The molecule has 4 nitrogen and oxygen atoms in total. The molecule has 4 heteroatoms.